The van der Waals surface area contributed by atoms with E-state index in [9.17, 15) is 14.4 Å². The minimum atomic E-state index is -0.542. The first-order chi connectivity index (χ1) is 15.8. The van der Waals surface area contributed by atoms with Gasteiger partial charge in [-0.15, -0.1) is 0 Å². The van der Waals surface area contributed by atoms with Gasteiger partial charge in [0.05, 0.1) is 6.54 Å². The monoisotopic (exact) mass is 453 g/mol. The van der Waals surface area contributed by atoms with Crippen LogP contribution in [0.3, 0.4) is 0 Å². The van der Waals surface area contributed by atoms with Gasteiger partial charge in [0.1, 0.15) is 23.8 Å². The molecule has 0 spiro atoms. The van der Waals surface area contributed by atoms with Crippen molar-refractivity contribution in [2.45, 2.75) is 45.8 Å². The van der Waals surface area contributed by atoms with Gasteiger partial charge in [-0.25, -0.2) is 0 Å². The van der Waals surface area contributed by atoms with Crippen molar-refractivity contribution >= 4 is 11.8 Å². The van der Waals surface area contributed by atoms with E-state index in [-0.39, 0.29) is 35.7 Å². The third-order valence-electron chi connectivity index (χ3n) is 6.25. The largest absolute Gasteiger partial charge is 0.486 e. The van der Waals surface area contributed by atoms with Gasteiger partial charge in [-0.1, -0.05) is 19.1 Å². The maximum Gasteiger partial charge on any atom is 0.259 e. The molecule has 1 atom stereocenters. The molecule has 1 saturated heterocycles. The van der Waals surface area contributed by atoms with Crippen LogP contribution in [-0.2, 0) is 0 Å². The van der Waals surface area contributed by atoms with Gasteiger partial charge in [-0.05, 0) is 44.7 Å². The fourth-order valence-corrected chi connectivity index (χ4v) is 4.06. The number of benzene rings is 1. The van der Waals surface area contributed by atoms with E-state index in [1.807, 2.05) is 32.0 Å². The Bertz CT molecular complexity index is 1090. The molecule has 0 aliphatic carbocycles. The quantitative estimate of drug-likeness (QED) is 0.752. The molecule has 176 valence electrons. The van der Waals surface area contributed by atoms with Gasteiger partial charge in [0.25, 0.3) is 11.8 Å². The van der Waals surface area contributed by atoms with E-state index in [2.05, 4.69) is 12.2 Å². The number of rotatable bonds is 5. The lowest BCUT2D eigenvalue weighted by Gasteiger charge is -2.30. The van der Waals surface area contributed by atoms with Crippen LogP contribution >= 0.6 is 0 Å². The van der Waals surface area contributed by atoms with Crippen molar-refractivity contribution < 1.29 is 19.1 Å². The van der Waals surface area contributed by atoms with E-state index in [1.54, 1.807) is 21.7 Å². The SMILES string of the molecule is CC1CCN(C(=O)c2cn(C(C)C)cc(C(=O)NC[C@@H]3COc4ccccc4O3)c2=O)CC1. The van der Waals surface area contributed by atoms with Gasteiger partial charge in [0.15, 0.2) is 11.5 Å². The average molecular weight is 454 g/mol. The molecule has 8 heteroatoms. The molecule has 0 saturated carbocycles. The third kappa shape index (κ3) is 5.05. The number of nitrogens with zero attached hydrogens (tertiary/aromatic N) is 2. The molecule has 1 fully saturated rings. The smallest absolute Gasteiger partial charge is 0.259 e. The summed E-state index contributed by atoms with van der Waals surface area (Å²) in [5.41, 5.74) is -0.548. The zero-order valence-electron chi connectivity index (χ0n) is 19.4. The maximum atomic E-state index is 13.2. The number of pyridine rings is 1. The first kappa shape index (κ1) is 22.9. The minimum Gasteiger partial charge on any atom is -0.486 e. The van der Waals surface area contributed by atoms with E-state index in [0.29, 0.717) is 37.1 Å². The van der Waals surface area contributed by atoms with Gasteiger partial charge >= 0.3 is 0 Å². The van der Waals surface area contributed by atoms with Crippen molar-refractivity contribution in [2.75, 3.05) is 26.2 Å². The molecule has 8 nitrogen and oxygen atoms in total. The molecule has 3 heterocycles. The van der Waals surface area contributed by atoms with Gasteiger partial charge in [0.2, 0.25) is 5.43 Å². The molecule has 33 heavy (non-hydrogen) atoms. The number of hydrogen-bond donors (Lipinski definition) is 1. The van der Waals surface area contributed by atoms with E-state index in [1.165, 1.54) is 6.20 Å². The third-order valence-corrected chi connectivity index (χ3v) is 6.25. The predicted molar refractivity (Wildman–Crippen MR) is 124 cm³/mol. The first-order valence-electron chi connectivity index (χ1n) is 11.5. The summed E-state index contributed by atoms with van der Waals surface area (Å²) < 4.78 is 13.3. The second-order valence-electron chi connectivity index (χ2n) is 9.14. The van der Waals surface area contributed by atoms with Crippen LogP contribution in [0.4, 0.5) is 0 Å². The molecule has 1 N–H and O–H groups in total. The number of hydrogen-bond acceptors (Lipinski definition) is 5. The first-order valence-corrected chi connectivity index (χ1v) is 11.5. The van der Waals surface area contributed by atoms with Crippen molar-refractivity contribution in [1.82, 2.24) is 14.8 Å². The molecule has 2 amide bonds. The summed E-state index contributed by atoms with van der Waals surface area (Å²) in [6, 6.07) is 7.33. The standard InChI is InChI=1S/C25H31N3O5/c1-16(2)28-13-19(23(29)20(14-28)25(31)27-10-8-17(3)9-11-27)24(30)26-12-18-15-32-21-6-4-5-7-22(21)33-18/h4-7,13-14,16-18H,8-12,15H2,1-3H3,(H,26,30)/t18-/m1/s1. The highest BCUT2D eigenvalue weighted by molar-refractivity contribution is 5.99. The highest BCUT2D eigenvalue weighted by atomic mass is 16.6. The van der Waals surface area contributed by atoms with E-state index in [4.69, 9.17) is 9.47 Å². The van der Waals surface area contributed by atoms with Gasteiger partial charge in [-0.3, -0.25) is 14.4 Å². The summed E-state index contributed by atoms with van der Waals surface area (Å²) >= 11 is 0. The molecule has 4 rings (SSSR count). The van der Waals surface area contributed by atoms with E-state index < -0.39 is 11.3 Å². The van der Waals surface area contributed by atoms with Gasteiger partial charge in [-0.2, -0.15) is 0 Å². The number of amides is 2. The molecular weight excluding hydrogens is 422 g/mol. The number of aromatic nitrogens is 1. The lowest BCUT2D eigenvalue weighted by Crippen LogP contribution is -2.43. The van der Waals surface area contributed by atoms with Crippen LogP contribution in [0.5, 0.6) is 11.5 Å². The number of fused-ring (bicyclic) bond motifs is 1. The number of ether oxygens (including phenoxy) is 2. The number of piperidine rings is 1. The Balaban J connectivity index is 1.51. The Morgan fingerprint density at radius 1 is 1.09 bits per heavy atom. The van der Waals surface area contributed by atoms with E-state index in [0.717, 1.165) is 12.8 Å². The number of carbonyl (C=O) groups excluding carboxylic acids is 2. The lowest BCUT2D eigenvalue weighted by atomic mass is 9.98. The van der Waals surface area contributed by atoms with Crippen LogP contribution in [0.1, 0.15) is 60.4 Å². The maximum absolute atomic E-state index is 13.2. The number of likely N-dealkylation sites (tertiary alicyclic amines) is 1. The van der Waals surface area contributed by atoms with Crippen LogP contribution in [0.25, 0.3) is 0 Å². The number of nitrogens with one attached hydrogen (secondary N) is 1. The molecule has 1 aromatic heterocycles. The summed E-state index contributed by atoms with van der Waals surface area (Å²) in [4.78, 5) is 41.0. The second-order valence-corrected chi connectivity index (χ2v) is 9.14. The highest BCUT2D eigenvalue weighted by Crippen LogP contribution is 2.30. The van der Waals surface area contributed by atoms with Crippen molar-refractivity contribution in [3.63, 3.8) is 0 Å². The molecule has 1 aromatic carbocycles. The summed E-state index contributed by atoms with van der Waals surface area (Å²) in [5.74, 6) is 1.01. The molecule has 2 aliphatic rings. The van der Waals surface area contributed by atoms with Crippen LogP contribution in [-0.4, -0.2) is 53.6 Å². The van der Waals surface area contributed by atoms with E-state index >= 15 is 0 Å². The fraction of sp³-hybridized carbons (Fsp3) is 0.480. The summed E-state index contributed by atoms with van der Waals surface area (Å²) in [6.45, 7) is 7.76. The average Bonchev–Trinajstić information content (AvgIpc) is 2.82. The Morgan fingerprint density at radius 2 is 1.76 bits per heavy atom. The predicted octanol–water partition coefficient (Wildman–Crippen LogP) is 2.87. The molecule has 0 radical (unpaired) electrons. The highest BCUT2D eigenvalue weighted by Gasteiger charge is 2.27. The molecule has 2 aliphatic heterocycles. The molecule has 2 aromatic rings. The molecule has 0 unspecified atom stereocenters. The summed E-state index contributed by atoms with van der Waals surface area (Å²) in [5, 5.41) is 2.78. The van der Waals surface area contributed by atoms with Crippen LogP contribution in [0.15, 0.2) is 41.5 Å². The van der Waals surface area contributed by atoms with Crippen molar-refractivity contribution in [1.29, 1.82) is 0 Å². The van der Waals surface area contributed by atoms with Crippen LogP contribution < -0.4 is 20.2 Å². The van der Waals surface area contributed by atoms with Crippen LogP contribution in [0, 0.1) is 5.92 Å². The Hall–Kier alpha value is -3.29. The normalized spacial score (nSPS) is 18.3. The minimum absolute atomic E-state index is 0.0170. The molecular formula is C25H31N3O5. The van der Waals surface area contributed by atoms with Crippen molar-refractivity contribution in [3.05, 3.63) is 58.0 Å². The van der Waals surface area contributed by atoms with Gasteiger partial charge < -0.3 is 24.3 Å². The lowest BCUT2D eigenvalue weighted by molar-refractivity contribution is 0.0694. The van der Waals surface area contributed by atoms with Crippen molar-refractivity contribution in [2.24, 2.45) is 5.92 Å². The number of carbonyl (C=O) groups is 2. The topological polar surface area (TPSA) is 89.9 Å². The fourth-order valence-electron chi connectivity index (χ4n) is 4.06. The van der Waals surface area contributed by atoms with Crippen molar-refractivity contribution in [3.8, 4) is 11.5 Å². The number of para-hydroxylation sites is 2. The van der Waals surface area contributed by atoms with Crippen LogP contribution in [0.2, 0.25) is 0 Å². The Kier molecular flexibility index (Phi) is 6.72. The summed E-state index contributed by atoms with van der Waals surface area (Å²) in [6.07, 6.45) is 4.54. The van der Waals surface area contributed by atoms with Gasteiger partial charge in [0, 0.05) is 31.5 Å². The molecule has 0 bridgehead atoms. The zero-order chi connectivity index (χ0) is 23.5. The second kappa shape index (κ2) is 9.68. The Morgan fingerprint density at radius 3 is 2.45 bits per heavy atom. The zero-order valence-corrected chi connectivity index (χ0v) is 19.4. The Labute approximate surface area is 193 Å². The summed E-state index contributed by atoms with van der Waals surface area (Å²) in [7, 11) is 0.